The summed E-state index contributed by atoms with van der Waals surface area (Å²) in [6.45, 7) is 3.22. The van der Waals surface area contributed by atoms with E-state index < -0.39 is 0 Å². The van der Waals surface area contributed by atoms with Gasteiger partial charge in [0, 0.05) is 38.4 Å². The highest BCUT2D eigenvalue weighted by atomic mass is 16.5. The number of hydrogen-bond donors (Lipinski definition) is 1. The number of pyridine rings is 1. The van der Waals surface area contributed by atoms with Crippen molar-refractivity contribution in [1.82, 2.24) is 9.88 Å². The van der Waals surface area contributed by atoms with Crippen LogP contribution in [-0.4, -0.2) is 34.7 Å². The van der Waals surface area contributed by atoms with E-state index in [9.17, 15) is 5.11 Å². The number of aromatic nitrogens is 1. The van der Waals surface area contributed by atoms with Gasteiger partial charge in [-0.3, -0.25) is 9.88 Å². The molecule has 0 amide bonds. The van der Waals surface area contributed by atoms with Gasteiger partial charge in [0.15, 0.2) is 0 Å². The van der Waals surface area contributed by atoms with Gasteiger partial charge in [0.2, 0.25) is 0 Å². The number of fused-ring (bicyclic) bond motifs is 1. The molecule has 1 aromatic carbocycles. The van der Waals surface area contributed by atoms with E-state index in [1.165, 1.54) is 11.1 Å². The van der Waals surface area contributed by atoms with Crippen molar-refractivity contribution in [2.45, 2.75) is 19.5 Å². The minimum Gasteiger partial charge on any atom is -0.493 e. The van der Waals surface area contributed by atoms with Crippen molar-refractivity contribution < 1.29 is 9.84 Å². The summed E-state index contributed by atoms with van der Waals surface area (Å²) in [7, 11) is 0. The molecule has 110 valence electrons. The number of aliphatic hydroxyl groups excluding tert-OH is 1. The van der Waals surface area contributed by atoms with Gasteiger partial charge in [-0.1, -0.05) is 18.2 Å². The van der Waals surface area contributed by atoms with E-state index in [1.807, 2.05) is 12.3 Å². The maximum Gasteiger partial charge on any atom is 0.122 e. The lowest BCUT2D eigenvalue weighted by atomic mass is 10.1. The Morgan fingerprint density at radius 3 is 2.90 bits per heavy atom. The average Bonchev–Trinajstić information content (AvgIpc) is 2.96. The highest BCUT2D eigenvalue weighted by molar-refractivity contribution is 5.39. The van der Waals surface area contributed by atoms with E-state index in [4.69, 9.17) is 4.74 Å². The van der Waals surface area contributed by atoms with E-state index in [2.05, 4.69) is 34.1 Å². The number of rotatable bonds is 6. The monoisotopic (exact) mass is 284 g/mol. The number of aliphatic hydroxyl groups is 1. The third kappa shape index (κ3) is 3.60. The van der Waals surface area contributed by atoms with Gasteiger partial charge in [-0.05, 0) is 28.8 Å². The standard InChI is InChI=1S/C17H20N2O2/c20-8-7-19(13-15-2-1-6-18-11-15)12-14-3-4-17-16(10-14)5-9-21-17/h1-4,6,10-11,20H,5,7-9,12-13H2. The lowest BCUT2D eigenvalue weighted by Gasteiger charge is -2.21. The Kier molecular flexibility index (Phi) is 4.48. The Morgan fingerprint density at radius 2 is 2.10 bits per heavy atom. The predicted molar refractivity (Wildman–Crippen MR) is 81.1 cm³/mol. The Bertz CT molecular complexity index is 587. The third-order valence-corrected chi connectivity index (χ3v) is 3.71. The van der Waals surface area contributed by atoms with Crippen molar-refractivity contribution in [2.75, 3.05) is 19.8 Å². The van der Waals surface area contributed by atoms with Crippen LogP contribution in [0.1, 0.15) is 16.7 Å². The highest BCUT2D eigenvalue weighted by Gasteiger charge is 2.13. The number of nitrogens with zero attached hydrogens (tertiary/aromatic N) is 2. The molecular formula is C17H20N2O2. The molecule has 4 heteroatoms. The number of benzene rings is 1. The van der Waals surface area contributed by atoms with Gasteiger partial charge in [0.05, 0.1) is 13.2 Å². The normalized spacial score (nSPS) is 13.2. The molecule has 0 spiro atoms. The van der Waals surface area contributed by atoms with E-state index in [0.29, 0.717) is 6.54 Å². The van der Waals surface area contributed by atoms with Crippen LogP contribution in [-0.2, 0) is 19.5 Å². The molecule has 0 aliphatic carbocycles. The summed E-state index contributed by atoms with van der Waals surface area (Å²) in [4.78, 5) is 6.38. The van der Waals surface area contributed by atoms with Crippen molar-refractivity contribution in [1.29, 1.82) is 0 Å². The third-order valence-electron chi connectivity index (χ3n) is 3.71. The van der Waals surface area contributed by atoms with Gasteiger partial charge >= 0.3 is 0 Å². The highest BCUT2D eigenvalue weighted by Crippen LogP contribution is 2.26. The fourth-order valence-electron chi connectivity index (χ4n) is 2.70. The summed E-state index contributed by atoms with van der Waals surface area (Å²) >= 11 is 0. The molecule has 1 aliphatic heterocycles. The Labute approximate surface area is 125 Å². The van der Waals surface area contributed by atoms with Crippen LogP contribution in [0, 0.1) is 0 Å². The zero-order valence-corrected chi connectivity index (χ0v) is 12.0. The van der Waals surface area contributed by atoms with Crippen molar-refractivity contribution in [3.05, 3.63) is 59.4 Å². The van der Waals surface area contributed by atoms with E-state index in [-0.39, 0.29) is 6.61 Å². The van der Waals surface area contributed by atoms with Gasteiger partial charge in [0.25, 0.3) is 0 Å². The fourth-order valence-corrected chi connectivity index (χ4v) is 2.70. The summed E-state index contributed by atoms with van der Waals surface area (Å²) in [5.74, 6) is 1.01. The molecule has 0 saturated carbocycles. The van der Waals surface area contributed by atoms with Crippen molar-refractivity contribution >= 4 is 0 Å². The molecule has 1 N–H and O–H groups in total. The van der Waals surface area contributed by atoms with Crippen molar-refractivity contribution in [3.8, 4) is 5.75 Å². The average molecular weight is 284 g/mol. The molecule has 0 atom stereocenters. The van der Waals surface area contributed by atoms with E-state index >= 15 is 0 Å². The SMILES string of the molecule is OCCN(Cc1cccnc1)Cc1ccc2c(c1)CCO2. The van der Waals surface area contributed by atoms with E-state index in [1.54, 1.807) is 6.20 Å². The van der Waals surface area contributed by atoms with Crippen LogP contribution in [0.4, 0.5) is 0 Å². The molecule has 0 unspecified atom stereocenters. The fraction of sp³-hybridized carbons (Fsp3) is 0.353. The van der Waals surface area contributed by atoms with Gasteiger partial charge < -0.3 is 9.84 Å². The molecule has 1 aromatic heterocycles. The van der Waals surface area contributed by atoms with Crippen molar-refractivity contribution in [3.63, 3.8) is 0 Å². The van der Waals surface area contributed by atoms with Crippen LogP contribution in [0.2, 0.25) is 0 Å². The first-order valence-electron chi connectivity index (χ1n) is 7.32. The molecule has 0 saturated heterocycles. The van der Waals surface area contributed by atoms with E-state index in [0.717, 1.165) is 37.4 Å². The van der Waals surface area contributed by atoms with Gasteiger partial charge in [0.1, 0.15) is 5.75 Å². The maximum atomic E-state index is 9.27. The van der Waals surface area contributed by atoms with Crippen LogP contribution in [0.5, 0.6) is 5.75 Å². The molecule has 0 bridgehead atoms. The van der Waals surface area contributed by atoms with Gasteiger partial charge in [-0.2, -0.15) is 0 Å². The summed E-state index contributed by atoms with van der Waals surface area (Å²) in [6, 6.07) is 10.4. The smallest absolute Gasteiger partial charge is 0.122 e. The van der Waals surface area contributed by atoms with Crippen LogP contribution < -0.4 is 4.74 Å². The summed E-state index contributed by atoms with van der Waals surface area (Å²) in [5, 5.41) is 9.27. The number of ether oxygens (including phenoxy) is 1. The van der Waals surface area contributed by atoms with Crippen LogP contribution in [0.25, 0.3) is 0 Å². The van der Waals surface area contributed by atoms with Crippen LogP contribution >= 0.6 is 0 Å². The quantitative estimate of drug-likeness (QED) is 0.881. The van der Waals surface area contributed by atoms with Gasteiger partial charge in [-0.15, -0.1) is 0 Å². The minimum atomic E-state index is 0.161. The number of hydrogen-bond acceptors (Lipinski definition) is 4. The Hall–Kier alpha value is -1.91. The van der Waals surface area contributed by atoms with Crippen LogP contribution in [0.3, 0.4) is 0 Å². The Balaban J connectivity index is 1.70. The zero-order valence-electron chi connectivity index (χ0n) is 12.0. The summed E-state index contributed by atoms with van der Waals surface area (Å²) in [6.07, 6.45) is 4.65. The zero-order chi connectivity index (χ0) is 14.5. The first-order valence-corrected chi connectivity index (χ1v) is 7.32. The predicted octanol–water partition coefficient (Wildman–Crippen LogP) is 2.01. The second-order valence-corrected chi connectivity index (χ2v) is 5.34. The first kappa shape index (κ1) is 14.0. The van der Waals surface area contributed by atoms with Crippen molar-refractivity contribution in [2.24, 2.45) is 0 Å². The maximum absolute atomic E-state index is 9.27. The molecule has 21 heavy (non-hydrogen) atoms. The largest absolute Gasteiger partial charge is 0.493 e. The molecule has 4 nitrogen and oxygen atoms in total. The molecule has 2 heterocycles. The summed E-state index contributed by atoms with van der Waals surface area (Å²) < 4.78 is 5.54. The molecule has 0 fully saturated rings. The molecule has 0 radical (unpaired) electrons. The molecule has 1 aliphatic rings. The molecule has 2 aromatic rings. The van der Waals surface area contributed by atoms with Gasteiger partial charge in [-0.25, -0.2) is 0 Å². The minimum absolute atomic E-state index is 0.161. The lowest BCUT2D eigenvalue weighted by Crippen LogP contribution is -2.26. The second-order valence-electron chi connectivity index (χ2n) is 5.34. The Morgan fingerprint density at radius 1 is 1.19 bits per heavy atom. The molecule has 3 rings (SSSR count). The molecular weight excluding hydrogens is 264 g/mol. The second kappa shape index (κ2) is 6.70. The van der Waals surface area contributed by atoms with Crippen LogP contribution in [0.15, 0.2) is 42.7 Å². The first-order chi connectivity index (χ1) is 10.3. The summed E-state index contributed by atoms with van der Waals surface area (Å²) in [5.41, 5.74) is 3.71. The topological polar surface area (TPSA) is 45.6 Å². The lowest BCUT2D eigenvalue weighted by molar-refractivity contribution is 0.184.